The number of anilines is 1. The molecular formula is C26H25N7O4S. The molecule has 4 aromatic rings. The number of sulfonamides is 1. The van der Waals surface area contributed by atoms with E-state index in [4.69, 9.17) is 11.1 Å². The molecule has 0 saturated heterocycles. The topological polar surface area (TPSA) is 173 Å². The van der Waals surface area contributed by atoms with Gasteiger partial charge >= 0.3 is 0 Å². The van der Waals surface area contributed by atoms with Crippen LogP contribution in [0.2, 0.25) is 0 Å². The molecule has 1 heterocycles. The molecule has 3 aromatic carbocycles. The zero-order valence-corrected chi connectivity index (χ0v) is 21.0. The average molecular weight is 532 g/mol. The first-order valence-corrected chi connectivity index (χ1v) is 13.1. The van der Waals surface area contributed by atoms with Gasteiger partial charge in [0.2, 0.25) is 21.7 Å². The molecule has 4 rings (SSSR count). The molecule has 12 heteroatoms. The lowest BCUT2D eigenvalue weighted by molar-refractivity contribution is -0.121. The van der Waals surface area contributed by atoms with E-state index >= 15 is 0 Å². The van der Waals surface area contributed by atoms with Gasteiger partial charge in [0.05, 0.1) is 5.75 Å². The predicted octanol–water partition coefficient (Wildman–Crippen LogP) is 1.85. The van der Waals surface area contributed by atoms with Gasteiger partial charge in [-0.15, -0.1) is 10.2 Å². The van der Waals surface area contributed by atoms with E-state index in [0.29, 0.717) is 16.7 Å². The number of hydrogen-bond donors (Lipinski definition) is 4. The summed E-state index contributed by atoms with van der Waals surface area (Å²) in [4.78, 5) is 26.1. The molecule has 0 aliphatic heterocycles. The number of amides is 1. The summed E-state index contributed by atoms with van der Waals surface area (Å²) < 4.78 is 28.7. The van der Waals surface area contributed by atoms with Crippen molar-refractivity contribution in [3.63, 3.8) is 0 Å². The molecule has 11 nitrogen and oxygen atoms in total. The summed E-state index contributed by atoms with van der Waals surface area (Å²) in [7, 11) is -3.98. The van der Waals surface area contributed by atoms with Crippen molar-refractivity contribution in [2.45, 2.75) is 18.8 Å². The number of benzene rings is 3. The van der Waals surface area contributed by atoms with E-state index < -0.39 is 33.9 Å². The number of amidine groups is 1. The molecule has 0 atom stereocenters. The Morgan fingerprint density at radius 2 is 1.53 bits per heavy atom. The summed E-state index contributed by atoms with van der Waals surface area (Å²) in [5.74, 6) is -1.31. The van der Waals surface area contributed by atoms with E-state index in [0.717, 1.165) is 10.1 Å². The largest absolute Gasteiger partial charge is 0.384 e. The second kappa shape index (κ2) is 11.5. The zero-order chi connectivity index (χ0) is 27.1. The van der Waals surface area contributed by atoms with Gasteiger partial charge in [-0.25, -0.2) is 8.42 Å². The number of rotatable bonds is 10. The Kier molecular flexibility index (Phi) is 7.92. The van der Waals surface area contributed by atoms with Crippen LogP contribution in [0.15, 0.2) is 89.7 Å². The average Bonchev–Trinajstić information content (AvgIpc) is 2.91. The van der Waals surface area contributed by atoms with Gasteiger partial charge in [-0.05, 0) is 11.1 Å². The van der Waals surface area contributed by atoms with E-state index in [1.165, 1.54) is 0 Å². The number of aromatic nitrogens is 3. The first kappa shape index (κ1) is 26.2. The highest BCUT2D eigenvalue weighted by molar-refractivity contribution is 7.91. The maximum Gasteiger partial charge on any atom is 0.298 e. The summed E-state index contributed by atoms with van der Waals surface area (Å²) in [5.41, 5.74) is 7.04. The van der Waals surface area contributed by atoms with Crippen LogP contribution in [0.5, 0.6) is 0 Å². The second-order valence-corrected chi connectivity index (χ2v) is 10.1. The van der Waals surface area contributed by atoms with Crippen LogP contribution < -0.4 is 21.3 Å². The minimum atomic E-state index is -3.98. The van der Waals surface area contributed by atoms with Gasteiger partial charge in [-0.1, -0.05) is 84.9 Å². The summed E-state index contributed by atoms with van der Waals surface area (Å²) in [6.07, 6.45) is 0. The predicted molar refractivity (Wildman–Crippen MR) is 144 cm³/mol. The van der Waals surface area contributed by atoms with Crippen molar-refractivity contribution in [1.29, 1.82) is 5.41 Å². The van der Waals surface area contributed by atoms with Gasteiger partial charge in [0, 0.05) is 17.7 Å². The van der Waals surface area contributed by atoms with Gasteiger partial charge in [-0.2, -0.15) is 0 Å². The summed E-state index contributed by atoms with van der Waals surface area (Å²) in [6.45, 7) is -0.251. The van der Waals surface area contributed by atoms with E-state index in [-0.39, 0.29) is 24.0 Å². The Hall–Kier alpha value is -4.84. The van der Waals surface area contributed by atoms with Crippen LogP contribution in [0.25, 0.3) is 11.4 Å². The van der Waals surface area contributed by atoms with Crippen LogP contribution in [0.4, 0.5) is 5.82 Å². The molecule has 5 N–H and O–H groups in total. The molecule has 0 unspecified atom stereocenters. The molecule has 0 spiro atoms. The molecular weight excluding hydrogens is 506 g/mol. The van der Waals surface area contributed by atoms with Crippen LogP contribution >= 0.6 is 0 Å². The van der Waals surface area contributed by atoms with Crippen molar-refractivity contribution >= 4 is 27.6 Å². The van der Waals surface area contributed by atoms with Crippen LogP contribution in [0, 0.1) is 5.41 Å². The highest BCUT2D eigenvalue weighted by Gasteiger charge is 2.20. The minimum Gasteiger partial charge on any atom is -0.384 e. The summed E-state index contributed by atoms with van der Waals surface area (Å²) in [6, 6.07) is 24.0. The van der Waals surface area contributed by atoms with Gasteiger partial charge in [0.15, 0.2) is 5.82 Å². The van der Waals surface area contributed by atoms with Crippen LogP contribution in [-0.2, 0) is 33.7 Å². The molecule has 0 aliphatic rings. The highest BCUT2D eigenvalue weighted by atomic mass is 32.2. The molecule has 1 aromatic heterocycles. The SMILES string of the molecule is N=C(N)c1ccc(CNC(=O)Cn2c(-c3ccccc3)nnc(NS(=O)(=O)Cc3ccccc3)c2=O)cc1. The third-order valence-electron chi connectivity index (χ3n) is 5.49. The Morgan fingerprint density at radius 3 is 2.16 bits per heavy atom. The number of nitrogens with zero attached hydrogens (tertiary/aromatic N) is 3. The molecule has 1 amide bonds. The standard InChI is InChI=1S/C26H25N7O4S/c27-23(28)20-13-11-18(12-14-20)15-29-22(34)16-33-25(21-9-5-2-6-10-21)31-30-24(26(33)35)32-38(36,37)17-19-7-3-1-4-8-19/h1-14H,15-17H2,(H3,27,28)(H,29,34)(H,30,32). The molecule has 0 aliphatic carbocycles. The molecule has 0 fully saturated rings. The van der Waals surface area contributed by atoms with E-state index in [9.17, 15) is 18.0 Å². The number of hydrogen-bond acceptors (Lipinski definition) is 7. The van der Waals surface area contributed by atoms with Crippen molar-refractivity contribution in [3.05, 3.63) is 112 Å². The fraction of sp³-hybridized carbons (Fsp3) is 0.115. The fourth-order valence-electron chi connectivity index (χ4n) is 3.61. The Balaban J connectivity index is 1.57. The lowest BCUT2D eigenvalue weighted by Gasteiger charge is -2.14. The van der Waals surface area contributed by atoms with Gasteiger partial charge < -0.3 is 11.1 Å². The quantitative estimate of drug-likeness (QED) is 0.178. The van der Waals surface area contributed by atoms with Crippen LogP contribution in [0.1, 0.15) is 16.7 Å². The second-order valence-electron chi connectivity index (χ2n) is 8.36. The third kappa shape index (κ3) is 6.68. The van der Waals surface area contributed by atoms with Crippen molar-refractivity contribution in [1.82, 2.24) is 20.1 Å². The Morgan fingerprint density at radius 1 is 0.895 bits per heavy atom. The number of nitrogens with two attached hydrogens (primary N) is 1. The van der Waals surface area contributed by atoms with Crippen molar-refractivity contribution in [3.8, 4) is 11.4 Å². The lowest BCUT2D eigenvalue weighted by Crippen LogP contribution is -2.35. The minimum absolute atomic E-state index is 0.0613. The number of nitrogen functional groups attached to an aromatic ring is 1. The van der Waals surface area contributed by atoms with Gasteiger partial charge in [0.25, 0.3) is 5.56 Å². The Labute approximate surface area is 218 Å². The normalized spacial score (nSPS) is 11.1. The first-order valence-electron chi connectivity index (χ1n) is 11.5. The number of nitrogens with one attached hydrogen (secondary N) is 3. The maximum absolute atomic E-state index is 13.3. The molecule has 0 saturated carbocycles. The molecule has 0 radical (unpaired) electrons. The van der Waals surface area contributed by atoms with Crippen LogP contribution in [0.3, 0.4) is 0 Å². The molecule has 194 valence electrons. The molecule has 0 bridgehead atoms. The number of carbonyl (C=O) groups excluding carboxylic acids is 1. The summed E-state index contributed by atoms with van der Waals surface area (Å²) >= 11 is 0. The highest BCUT2D eigenvalue weighted by Crippen LogP contribution is 2.16. The van der Waals surface area contributed by atoms with E-state index in [2.05, 4.69) is 20.2 Å². The maximum atomic E-state index is 13.3. The summed E-state index contributed by atoms with van der Waals surface area (Å²) in [5, 5.41) is 18.1. The smallest absolute Gasteiger partial charge is 0.298 e. The Bertz CT molecular complexity index is 1610. The third-order valence-corrected chi connectivity index (χ3v) is 6.71. The van der Waals surface area contributed by atoms with Gasteiger partial charge in [-0.3, -0.25) is 24.3 Å². The lowest BCUT2D eigenvalue weighted by atomic mass is 10.1. The van der Waals surface area contributed by atoms with Crippen molar-refractivity contribution in [2.75, 3.05) is 4.72 Å². The van der Waals surface area contributed by atoms with Crippen molar-refractivity contribution in [2.24, 2.45) is 5.73 Å². The van der Waals surface area contributed by atoms with Gasteiger partial charge in [0.1, 0.15) is 12.4 Å². The first-order chi connectivity index (χ1) is 18.2. The zero-order valence-electron chi connectivity index (χ0n) is 20.2. The molecule has 38 heavy (non-hydrogen) atoms. The van der Waals surface area contributed by atoms with E-state index in [1.807, 2.05) is 0 Å². The number of carbonyl (C=O) groups is 1. The van der Waals surface area contributed by atoms with Crippen molar-refractivity contribution < 1.29 is 13.2 Å². The van der Waals surface area contributed by atoms with Crippen LogP contribution in [-0.4, -0.2) is 34.9 Å². The monoisotopic (exact) mass is 531 g/mol. The fourth-order valence-corrected chi connectivity index (χ4v) is 4.74. The van der Waals surface area contributed by atoms with E-state index in [1.54, 1.807) is 84.9 Å².